The number of hydrogen-bond donors (Lipinski definition) is 7. The Labute approximate surface area is 790 Å². The van der Waals surface area contributed by atoms with Gasteiger partial charge in [-0.05, 0) is 97.1 Å². The molecule has 8 atom stereocenters. The number of carbonyl (C=O) groups excluding carboxylic acids is 12. The molecule has 0 radical (unpaired) electrons. The van der Waals surface area contributed by atoms with Gasteiger partial charge in [-0.1, -0.05) is 203 Å². The highest BCUT2D eigenvalue weighted by atomic mass is 19.4. The molecule has 0 bridgehead atoms. The van der Waals surface area contributed by atoms with Gasteiger partial charge in [-0.3, -0.25) is 57.5 Å². The van der Waals surface area contributed by atoms with Crippen LogP contribution in [0.4, 0.5) is 26.3 Å². The van der Waals surface area contributed by atoms with Crippen molar-refractivity contribution >= 4 is 70.3 Å². The van der Waals surface area contributed by atoms with Crippen molar-refractivity contribution in [1.82, 2.24) is 56.0 Å². The van der Waals surface area contributed by atoms with E-state index in [4.69, 9.17) is 9.47 Å². The van der Waals surface area contributed by atoms with E-state index in [-0.39, 0.29) is 172 Å². The van der Waals surface area contributed by atoms with E-state index in [0.29, 0.717) is 32.1 Å². The Morgan fingerprint density at radius 1 is 0.346 bits per heavy atom. The van der Waals surface area contributed by atoms with E-state index in [1.54, 1.807) is 113 Å². The molecule has 0 aliphatic rings. The van der Waals surface area contributed by atoms with E-state index >= 15 is 24.0 Å². The summed E-state index contributed by atoms with van der Waals surface area (Å²) in [7, 11) is 12.4. The van der Waals surface area contributed by atoms with E-state index < -0.39 is 177 Å². The maximum Gasteiger partial charge on any atom is 0.422 e. The average Bonchev–Trinajstić information content (AvgIpc) is 0.770. The minimum Gasteiger partial charge on any atom is -0.383 e. The summed E-state index contributed by atoms with van der Waals surface area (Å²) in [6, 6.07) is 13.6. The number of benzene rings is 2. The maximum absolute atomic E-state index is 16.1. The molecule has 2 aromatic rings. The van der Waals surface area contributed by atoms with Gasteiger partial charge in [0.2, 0.25) is 41.4 Å². The fraction of sp³-hybridized carbons (Fsp3) is 0.760. The number of alkyl halides is 6. The van der Waals surface area contributed by atoms with Gasteiger partial charge in [-0.2, -0.15) is 26.3 Å². The molecule has 0 aliphatic heterocycles. The highest BCUT2D eigenvalue weighted by molar-refractivity contribution is 5.97. The normalized spacial score (nSPS) is 14.8. The van der Waals surface area contributed by atoms with Crippen LogP contribution in [-0.4, -0.2) is 290 Å². The lowest BCUT2D eigenvalue weighted by atomic mass is 9.66. The predicted molar refractivity (Wildman–Crippen MR) is 506 cm³/mol. The predicted octanol–water partition coefficient (Wildman–Crippen LogP) is 12.7. The number of ketones is 5. The lowest BCUT2D eigenvalue weighted by molar-refractivity contribution is -0.271. The minimum atomic E-state index is -5.04. The molecule has 0 heterocycles. The summed E-state index contributed by atoms with van der Waals surface area (Å²) in [5.74, 6) is -12.4. The molecular weight excluding hydrogens is 1730 g/mol. The zero-order valence-electron chi connectivity index (χ0n) is 84.4. The molecule has 7 N–H and O–H groups in total. The number of amides is 7. The minimum absolute atomic E-state index is 0.00722. The van der Waals surface area contributed by atoms with Crippen molar-refractivity contribution in [1.29, 1.82) is 0 Å². The maximum atomic E-state index is 16.1. The monoisotopic (exact) mass is 1890 g/mol. The number of methoxy groups -OCH3 is 2. The van der Waals surface area contributed by atoms with Crippen LogP contribution in [0.2, 0.25) is 0 Å². The molecule has 0 fully saturated rings. The Kier molecular flexibility index (Phi) is 53.1. The molecule has 0 spiro atoms. The third-order valence-electron chi connectivity index (χ3n) is 26.0. The first-order valence-corrected chi connectivity index (χ1v) is 47.9. The van der Waals surface area contributed by atoms with Crippen LogP contribution in [-0.2, 0) is 78.2 Å². The third kappa shape index (κ3) is 42.1. The summed E-state index contributed by atoms with van der Waals surface area (Å²) in [5, 5.41) is 36.7. The largest absolute Gasteiger partial charge is 0.422 e. The standard InChI is InChI=1S/C100H167F6N11O16/c1-23-27-30-38-45-107-83(121)62-73(66-93(7,8)81(119)60-75(89(127)110-46-39-31-28-24-2)68-95(11,12)86(124)74(63-84(122)108-47-57-132-21)65-92(5,6)80(118)59-72(26-4)88(126)111-48-58-133-22)87(125)96(13,14)69-77(91(129)117(20)56-54-113(16)50-52-115(18)71-98(131,100(104,105)106)79-42-36-33-37-43-79)61-82(120)94(9,10)67-76(90(128)109-44-29-25-3)64-85(123)116(19)55-53-112(15)49-51-114(17)70-97(130,99(101,102)103)78-40-34-32-35-41-78/h32-37,40-43,72-77,130-131H,23-31,38-39,44-71H2,1-22H3,(H,107,121)(H,108,122)(H,109,128)(H,110,127)(H,111,126). The molecule has 27 nitrogen and oxygen atoms in total. The number of Topliss-reactive ketones (excluding diaryl/α,β-unsaturated/α-hetero) is 5. The number of rotatable bonds is 71. The summed E-state index contributed by atoms with van der Waals surface area (Å²) in [4.78, 5) is 187. The van der Waals surface area contributed by atoms with Crippen molar-refractivity contribution in [2.24, 2.45) is 62.6 Å². The zero-order valence-corrected chi connectivity index (χ0v) is 84.4. The molecule has 2 rings (SSSR count). The van der Waals surface area contributed by atoms with E-state index in [2.05, 4.69) is 26.6 Å². The van der Waals surface area contributed by atoms with Crippen LogP contribution in [0.5, 0.6) is 0 Å². The van der Waals surface area contributed by atoms with Crippen LogP contribution < -0.4 is 26.6 Å². The first-order chi connectivity index (χ1) is 61.9. The highest BCUT2D eigenvalue weighted by Crippen LogP contribution is 2.45. The van der Waals surface area contributed by atoms with Crippen molar-refractivity contribution < 1.29 is 104 Å². The Bertz CT molecular complexity index is 3910. The van der Waals surface area contributed by atoms with E-state index in [1.165, 1.54) is 110 Å². The van der Waals surface area contributed by atoms with E-state index in [0.717, 1.165) is 38.5 Å². The Morgan fingerprint density at radius 3 is 1.05 bits per heavy atom. The molecular formula is C100H167F6N11O16. The number of unbranched alkanes of at least 4 members (excludes halogenated alkanes) is 7. The smallest absolute Gasteiger partial charge is 0.383 e. The van der Waals surface area contributed by atoms with Crippen molar-refractivity contribution in [3.05, 3.63) is 71.8 Å². The summed E-state index contributed by atoms with van der Waals surface area (Å²) in [5.41, 5.74) is -14.3. The van der Waals surface area contributed by atoms with Gasteiger partial charge in [0.05, 0.1) is 13.2 Å². The van der Waals surface area contributed by atoms with Gasteiger partial charge in [0.15, 0.2) is 11.2 Å². The van der Waals surface area contributed by atoms with E-state index in [9.17, 15) is 70.1 Å². The van der Waals surface area contributed by atoms with Gasteiger partial charge in [-0.15, -0.1) is 0 Å². The highest BCUT2D eigenvalue weighted by Gasteiger charge is 2.57. The van der Waals surface area contributed by atoms with Gasteiger partial charge in [0, 0.05) is 228 Å². The molecule has 7 amide bonds. The fourth-order valence-corrected chi connectivity index (χ4v) is 17.0. The lowest BCUT2D eigenvalue weighted by Gasteiger charge is -2.37. The van der Waals surface area contributed by atoms with Crippen molar-refractivity contribution in [3.63, 3.8) is 0 Å². The van der Waals surface area contributed by atoms with Crippen molar-refractivity contribution in [3.8, 4) is 0 Å². The van der Waals surface area contributed by atoms with E-state index in [1.807, 2.05) is 20.8 Å². The van der Waals surface area contributed by atoms with Crippen LogP contribution in [0.1, 0.15) is 249 Å². The lowest BCUT2D eigenvalue weighted by Crippen LogP contribution is -2.51. The van der Waals surface area contributed by atoms with Crippen LogP contribution in [0.25, 0.3) is 0 Å². The molecule has 0 saturated heterocycles. The Balaban J connectivity index is 2.86. The van der Waals surface area contributed by atoms with Gasteiger partial charge < -0.3 is 75.7 Å². The van der Waals surface area contributed by atoms with Crippen molar-refractivity contribution in [2.75, 3.05) is 168 Å². The summed E-state index contributed by atoms with van der Waals surface area (Å²) >= 11 is 0. The SMILES string of the molecule is CCCCCCNC(=O)CC(CC(C)(C)C(=O)CC(CC(C)(C)C(=O)C(CC(=O)NCCOC)CC(C)(C)C(=O)CC(CC)C(=O)NCCOC)C(=O)NCCCCCC)C(=O)C(C)(C)CC(CC(=O)C(C)(C)CC(CC(=O)N(C)CCN(C)CCN(C)CC(O)(c1ccccc1)C(F)(F)F)C(=O)NCCCC)C(=O)N(C)CCN(C)CCN(C)CC(O)(c1ccccc1)C(F)(F)F. The number of aliphatic hydroxyl groups is 2. The van der Waals surface area contributed by atoms with Crippen LogP contribution in [0.15, 0.2) is 60.7 Å². The average molecular weight is 1890 g/mol. The number of nitrogens with zero attached hydrogens (tertiary/aromatic N) is 6. The zero-order chi connectivity index (χ0) is 101. The molecule has 760 valence electrons. The number of nitrogens with one attached hydrogen (secondary N) is 5. The second kappa shape index (κ2) is 58.2. The third-order valence-corrected chi connectivity index (χ3v) is 26.0. The topological polar surface area (TPSA) is 343 Å². The number of carbonyl (C=O) groups is 12. The molecule has 33 heteroatoms. The molecule has 0 aliphatic carbocycles. The first-order valence-electron chi connectivity index (χ1n) is 47.9. The summed E-state index contributed by atoms with van der Waals surface area (Å²) in [6.45, 7) is 25.1. The Morgan fingerprint density at radius 2 is 0.654 bits per heavy atom. The molecule has 0 aromatic heterocycles. The molecule has 2 aromatic carbocycles. The van der Waals surface area contributed by atoms with Crippen molar-refractivity contribution in [2.45, 2.75) is 262 Å². The molecule has 8 unspecified atom stereocenters. The molecule has 133 heavy (non-hydrogen) atoms. The van der Waals surface area contributed by atoms with Crippen LogP contribution in [0.3, 0.4) is 0 Å². The quantitative estimate of drug-likeness (QED) is 0.0239. The molecule has 0 saturated carbocycles. The van der Waals surface area contributed by atoms with Gasteiger partial charge in [0.1, 0.15) is 28.9 Å². The number of halogens is 6. The van der Waals surface area contributed by atoms with Crippen LogP contribution in [0, 0.1) is 62.6 Å². The number of hydrogen-bond acceptors (Lipinski definition) is 20. The van der Waals surface area contributed by atoms with Gasteiger partial charge >= 0.3 is 12.4 Å². The van der Waals surface area contributed by atoms with Crippen LogP contribution >= 0.6 is 0 Å². The second-order valence-corrected chi connectivity index (χ2v) is 40.4. The number of likely N-dealkylation sites (N-methyl/N-ethyl adjacent to an activating group) is 6. The van der Waals surface area contributed by atoms with Gasteiger partial charge in [0.25, 0.3) is 0 Å². The first kappa shape index (κ1) is 121. The summed E-state index contributed by atoms with van der Waals surface area (Å²) < 4.78 is 97.6. The fourth-order valence-electron chi connectivity index (χ4n) is 17.0. The summed E-state index contributed by atoms with van der Waals surface area (Å²) in [6.07, 6.45) is -5.33. The Hall–Kier alpha value is -7.66. The van der Waals surface area contributed by atoms with Gasteiger partial charge in [-0.25, -0.2) is 0 Å². The number of ether oxygens (including phenoxy) is 2. The second-order valence-electron chi connectivity index (χ2n) is 40.4.